The second kappa shape index (κ2) is 3.86. The number of carboxylic acid groups (broad SMARTS) is 1. The van der Waals surface area contributed by atoms with Crippen molar-refractivity contribution < 1.29 is 9.90 Å². The molecule has 0 aromatic carbocycles. The Morgan fingerprint density at radius 3 is 2.81 bits per heavy atom. The molecule has 2 aromatic rings. The maximum Gasteiger partial charge on any atom is 0.309 e. The topological polar surface area (TPSA) is 67.5 Å². The number of rotatable bonds is 3. The lowest BCUT2D eigenvalue weighted by Gasteiger charge is -1.97. The molecule has 0 bridgehead atoms. The molecule has 86 valence electrons. The van der Waals surface area contributed by atoms with Crippen LogP contribution in [0.5, 0.6) is 0 Å². The lowest BCUT2D eigenvalue weighted by Crippen LogP contribution is -2.05. The fraction of sp³-hybridized carbons (Fsp3) is 0.500. The first-order valence-corrected chi connectivity index (χ1v) is 5.87. The predicted octanol–water partition coefficient (Wildman–Crippen LogP) is 1.85. The molecule has 2 aromatic heterocycles. The zero-order chi connectivity index (χ0) is 11.9. The number of nitrogens with zero attached hydrogens (tertiary/aromatic N) is 3. The van der Waals surface area contributed by atoms with Crippen LogP contribution in [0.1, 0.15) is 36.2 Å². The van der Waals surface area contributed by atoms with Gasteiger partial charge in [-0.2, -0.15) is 5.10 Å². The van der Waals surface area contributed by atoms with Gasteiger partial charge in [-0.3, -0.25) is 4.79 Å². The third-order valence-corrected chi connectivity index (χ3v) is 3.53. The summed E-state index contributed by atoms with van der Waals surface area (Å²) in [5, 5.41) is 14.2. The highest BCUT2D eigenvalue weighted by Gasteiger charge is 2.17. The fourth-order valence-corrected chi connectivity index (χ4v) is 2.45. The lowest BCUT2D eigenvalue weighted by molar-refractivity contribution is -0.136. The van der Waals surface area contributed by atoms with E-state index in [0.717, 1.165) is 15.7 Å². The van der Waals surface area contributed by atoms with Crippen molar-refractivity contribution in [3.05, 3.63) is 16.4 Å². The molecule has 0 atom stereocenters. The Kier molecular flexibility index (Phi) is 2.67. The first-order chi connectivity index (χ1) is 7.49. The van der Waals surface area contributed by atoms with Crippen LogP contribution in [0.15, 0.2) is 0 Å². The zero-order valence-corrected chi connectivity index (χ0v) is 10.2. The molecule has 0 amide bonds. The molecule has 6 heteroatoms. The quantitative estimate of drug-likeness (QED) is 0.887. The van der Waals surface area contributed by atoms with Gasteiger partial charge < -0.3 is 5.11 Å². The van der Waals surface area contributed by atoms with Crippen LogP contribution in [0, 0.1) is 6.92 Å². The van der Waals surface area contributed by atoms with Crippen molar-refractivity contribution in [2.45, 2.75) is 33.1 Å². The minimum Gasteiger partial charge on any atom is -0.481 e. The fourth-order valence-electron chi connectivity index (χ4n) is 1.49. The summed E-state index contributed by atoms with van der Waals surface area (Å²) in [5.74, 6) is -0.520. The summed E-state index contributed by atoms with van der Waals surface area (Å²) in [6.45, 7) is 5.93. The minimum absolute atomic E-state index is 0.0335. The Morgan fingerprint density at radius 1 is 1.56 bits per heavy atom. The van der Waals surface area contributed by atoms with E-state index in [-0.39, 0.29) is 6.42 Å². The average molecular weight is 239 g/mol. The number of aromatic nitrogens is 3. The van der Waals surface area contributed by atoms with Crippen LogP contribution in [0.3, 0.4) is 0 Å². The Labute approximate surface area is 96.7 Å². The number of aryl methyl sites for hydroxylation is 1. The van der Waals surface area contributed by atoms with E-state index in [1.54, 1.807) is 4.52 Å². The monoisotopic (exact) mass is 239 g/mol. The second-order valence-corrected chi connectivity index (χ2v) is 4.99. The average Bonchev–Trinajstić information content (AvgIpc) is 2.67. The van der Waals surface area contributed by atoms with E-state index >= 15 is 0 Å². The molecule has 2 rings (SSSR count). The van der Waals surface area contributed by atoms with Crippen LogP contribution in [0.25, 0.3) is 4.96 Å². The Balaban J connectivity index is 2.53. The van der Waals surface area contributed by atoms with Crippen molar-refractivity contribution in [3.63, 3.8) is 0 Å². The van der Waals surface area contributed by atoms with Gasteiger partial charge in [0.1, 0.15) is 5.01 Å². The number of hydrogen-bond acceptors (Lipinski definition) is 4. The van der Waals surface area contributed by atoms with Gasteiger partial charge in [-0.05, 0) is 6.92 Å². The third-order valence-electron chi connectivity index (χ3n) is 2.32. The minimum atomic E-state index is -0.857. The second-order valence-electron chi connectivity index (χ2n) is 4.00. The van der Waals surface area contributed by atoms with E-state index in [9.17, 15) is 4.79 Å². The van der Waals surface area contributed by atoms with Crippen LogP contribution >= 0.6 is 11.3 Å². The molecule has 0 saturated heterocycles. The molecule has 16 heavy (non-hydrogen) atoms. The zero-order valence-electron chi connectivity index (χ0n) is 9.39. The molecule has 0 saturated carbocycles. The smallest absolute Gasteiger partial charge is 0.309 e. The maximum absolute atomic E-state index is 10.7. The van der Waals surface area contributed by atoms with Crippen molar-refractivity contribution >= 4 is 22.3 Å². The number of imidazole rings is 1. The molecule has 0 aliphatic carbocycles. The standard InChI is InChI=1S/C10H13N3O2S/c1-5(2)9-12-13-7(4-8(14)15)6(3)11-10(13)16-9/h5H,4H2,1-3H3,(H,14,15). The SMILES string of the molecule is Cc1nc2sc(C(C)C)nn2c1CC(=O)O. The van der Waals surface area contributed by atoms with Crippen LogP contribution in [0.2, 0.25) is 0 Å². The van der Waals surface area contributed by atoms with Gasteiger partial charge in [0.25, 0.3) is 0 Å². The van der Waals surface area contributed by atoms with Crippen molar-refractivity contribution in [2.75, 3.05) is 0 Å². The molecule has 0 fully saturated rings. The van der Waals surface area contributed by atoms with E-state index in [2.05, 4.69) is 23.9 Å². The molecule has 0 spiro atoms. The Morgan fingerprint density at radius 2 is 2.25 bits per heavy atom. The summed E-state index contributed by atoms with van der Waals surface area (Å²) in [4.78, 5) is 15.8. The molecule has 0 aliphatic rings. The number of fused-ring (bicyclic) bond motifs is 1. The van der Waals surface area contributed by atoms with Crippen LogP contribution in [-0.2, 0) is 11.2 Å². The molecule has 0 aliphatic heterocycles. The van der Waals surface area contributed by atoms with E-state index in [0.29, 0.717) is 11.6 Å². The highest BCUT2D eigenvalue weighted by molar-refractivity contribution is 7.16. The van der Waals surface area contributed by atoms with Crippen molar-refractivity contribution in [3.8, 4) is 0 Å². The van der Waals surface area contributed by atoms with E-state index in [4.69, 9.17) is 5.11 Å². The van der Waals surface area contributed by atoms with Crippen LogP contribution in [-0.4, -0.2) is 25.7 Å². The lowest BCUT2D eigenvalue weighted by atomic mass is 10.2. The van der Waals surface area contributed by atoms with Crippen LogP contribution in [0.4, 0.5) is 0 Å². The summed E-state index contributed by atoms with van der Waals surface area (Å²) in [6.07, 6.45) is -0.0335. The summed E-state index contributed by atoms with van der Waals surface area (Å²) in [5.41, 5.74) is 1.42. The van der Waals surface area contributed by atoms with E-state index in [1.807, 2.05) is 6.92 Å². The highest BCUT2D eigenvalue weighted by Crippen LogP contribution is 2.24. The first-order valence-electron chi connectivity index (χ1n) is 5.05. The molecule has 0 radical (unpaired) electrons. The predicted molar refractivity (Wildman–Crippen MR) is 61.0 cm³/mol. The van der Waals surface area contributed by atoms with Crippen LogP contribution < -0.4 is 0 Å². The van der Waals surface area contributed by atoms with Gasteiger partial charge in [0.2, 0.25) is 4.96 Å². The van der Waals surface area contributed by atoms with E-state index in [1.165, 1.54) is 11.3 Å². The molecule has 2 heterocycles. The Bertz CT molecular complexity index is 541. The van der Waals surface area contributed by atoms with Gasteiger partial charge in [0.05, 0.1) is 17.8 Å². The molecule has 5 nitrogen and oxygen atoms in total. The van der Waals surface area contributed by atoms with Gasteiger partial charge in [-0.15, -0.1) is 0 Å². The highest BCUT2D eigenvalue weighted by atomic mass is 32.1. The number of aliphatic carboxylic acids is 1. The van der Waals surface area contributed by atoms with Gasteiger partial charge in [0.15, 0.2) is 0 Å². The van der Waals surface area contributed by atoms with Gasteiger partial charge in [-0.1, -0.05) is 25.2 Å². The largest absolute Gasteiger partial charge is 0.481 e. The summed E-state index contributed by atoms with van der Waals surface area (Å²) >= 11 is 1.52. The number of carbonyl (C=O) groups is 1. The van der Waals surface area contributed by atoms with Crippen molar-refractivity contribution in [2.24, 2.45) is 0 Å². The molecular formula is C10H13N3O2S. The molecular weight excluding hydrogens is 226 g/mol. The van der Waals surface area contributed by atoms with Gasteiger partial charge in [0, 0.05) is 5.92 Å². The van der Waals surface area contributed by atoms with Gasteiger partial charge in [-0.25, -0.2) is 9.50 Å². The Hall–Kier alpha value is -1.43. The third kappa shape index (κ3) is 1.80. The molecule has 1 N–H and O–H groups in total. The van der Waals surface area contributed by atoms with Crippen molar-refractivity contribution in [1.82, 2.24) is 14.6 Å². The molecule has 0 unspecified atom stereocenters. The summed E-state index contributed by atoms with van der Waals surface area (Å²) in [7, 11) is 0. The number of carboxylic acids is 1. The first kappa shape index (κ1) is 11.1. The normalized spacial score (nSPS) is 11.5. The van der Waals surface area contributed by atoms with Crippen molar-refractivity contribution in [1.29, 1.82) is 0 Å². The summed E-state index contributed by atoms with van der Waals surface area (Å²) < 4.78 is 1.66. The van der Waals surface area contributed by atoms with Gasteiger partial charge >= 0.3 is 5.97 Å². The number of hydrogen-bond donors (Lipinski definition) is 1. The summed E-state index contributed by atoms with van der Waals surface area (Å²) in [6, 6.07) is 0. The van der Waals surface area contributed by atoms with E-state index < -0.39 is 5.97 Å². The maximum atomic E-state index is 10.7.